The highest BCUT2D eigenvalue weighted by atomic mass is 16.4. The Kier molecular flexibility index (Phi) is 4.49. The molecule has 0 fully saturated rings. The van der Waals surface area contributed by atoms with Crippen molar-refractivity contribution in [2.45, 2.75) is 18.3 Å². The molecular formula is C6H10O7. The van der Waals surface area contributed by atoms with Crippen LogP contribution in [0.4, 0.5) is 0 Å². The van der Waals surface area contributed by atoms with Crippen LogP contribution >= 0.6 is 0 Å². The first-order chi connectivity index (χ1) is 5.91. The summed E-state index contributed by atoms with van der Waals surface area (Å²) in [5, 5.41) is 42.8. The van der Waals surface area contributed by atoms with Gasteiger partial charge in [0.1, 0.15) is 12.2 Å². The molecule has 0 aliphatic carbocycles. The van der Waals surface area contributed by atoms with Gasteiger partial charge in [-0.2, -0.15) is 0 Å². The predicted molar refractivity (Wildman–Crippen MR) is 37.7 cm³/mol. The molecule has 0 aromatic carbocycles. The third-order valence-electron chi connectivity index (χ3n) is 1.38. The highest BCUT2D eigenvalue weighted by Gasteiger charge is 2.33. The second-order valence-electron chi connectivity index (χ2n) is 2.35. The van der Waals surface area contributed by atoms with E-state index < -0.39 is 36.7 Å². The summed E-state index contributed by atoms with van der Waals surface area (Å²) in [5.41, 5.74) is 0. The quantitative estimate of drug-likeness (QED) is 0.289. The zero-order valence-electron chi connectivity index (χ0n) is 6.49. The minimum absolute atomic E-state index is 0.884. The number of carbonyl (C=O) groups is 2. The molecule has 0 aromatic heterocycles. The Labute approximate surface area is 72.9 Å². The maximum Gasteiger partial charge on any atom is 0.375 e. The van der Waals surface area contributed by atoms with E-state index in [9.17, 15) is 9.59 Å². The molecule has 3 unspecified atom stereocenters. The largest absolute Gasteiger partial charge is 0.475 e. The predicted octanol–water partition coefficient (Wildman–Crippen LogP) is -3.28. The van der Waals surface area contributed by atoms with Gasteiger partial charge in [0, 0.05) is 0 Å². The lowest BCUT2D eigenvalue weighted by atomic mass is 10.1. The van der Waals surface area contributed by atoms with Crippen molar-refractivity contribution in [3.63, 3.8) is 0 Å². The smallest absolute Gasteiger partial charge is 0.375 e. The lowest BCUT2D eigenvalue weighted by Crippen LogP contribution is -2.46. The van der Waals surface area contributed by atoms with Crippen molar-refractivity contribution in [2.75, 3.05) is 6.61 Å². The number of rotatable bonds is 5. The number of ketones is 1. The normalized spacial score (nSPS) is 17.5. The number of aliphatic hydroxyl groups excluding tert-OH is 4. The first-order valence-electron chi connectivity index (χ1n) is 3.34. The van der Waals surface area contributed by atoms with Crippen molar-refractivity contribution >= 4 is 11.8 Å². The van der Waals surface area contributed by atoms with Gasteiger partial charge >= 0.3 is 5.97 Å². The number of hydrogen-bond donors (Lipinski definition) is 5. The number of carboxylic acids is 1. The number of carboxylic acid groups (broad SMARTS) is 1. The Morgan fingerprint density at radius 2 is 1.62 bits per heavy atom. The van der Waals surface area contributed by atoms with E-state index >= 15 is 0 Å². The third kappa shape index (κ3) is 3.07. The molecule has 7 heteroatoms. The summed E-state index contributed by atoms with van der Waals surface area (Å²) in [6.45, 7) is -0.884. The van der Waals surface area contributed by atoms with E-state index in [0.717, 1.165) is 0 Å². The maximum absolute atomic E-state index is 10.5. The van der Waals surface area contributed by atoms with E-state index in [1.807, 2.05) is 0 Å². The number of Topliss-reactive ketones (excluding diaryl/α,β-unsaturated/α-hetero) is 1. The van der Waals surface area contributed by atoms with Crippen LogP contribution in [0.25, 0.3) is 0 Å². The Bertz CT molecular complexity index is 201. The summed E-state index contributed by atoms with van der Waals surface area (Å²) in [6.07, 6.45) is -5.99. The minimum atomic E-state index is -2.24. The topological polar surface area (TPSA) is 135 Å². The van der Waals surface area contributed by atoms with Crippen molar-refractivity contribution in [1.29, 1.82) is 0 Å². The SMILES string of the molecule is O=C(O)C(=O)C(O)C(O)C(O)CO. The van der Waals surface area contributed by atoms with Gasteiger partial charge in [-0.1, -0.05) is 0 Å². The van der Waals surface area contributed by atoms with E-state index in [-0.39, 0.29) is 0 Å². The third-order valence-corrected chi connectivity index (χ3v) is 1.38. The Balaban J connectivity index is 4.33. The molecule has 0 rings (SSSR count). The second kappa shape index (κ2) is 4.87. The fourth-order valence-corrected chi connectivity index (χ4v) is 0.600. The number of aliphatic hydroxyl groups is 4. The van der Waals surface area contributed by atoms with Gasteiger partial charge in [-0.15, -0.1) is 0 Å². The molecule has 0 saturated heterocycles. The molecule has 0 aromatic rings. The molecule has 3 atom stereocenters. The van der Waals surface area contributed by atoms with Crippen LogP contribution in [0, 0.1) is 0 Å². The average Bonchev–Trinajstić information content (AvgIpc) is 2.12. The minimum Gasteiger partial charge on any atom is -0.475 e. The molecule has 7 nitrogen and oxygen atoms in total. The van der Waals surface area contributed by atoms with Crippen molar-refractivity contribution in [3.05, 3.63) is 0 Å². The summed E-state index contributed by atoms with van der Waals surface area (Å²) in [5.74, 6) is -3.56. The van der Waals surface area contributed by atoms with E-state index in [1.54, 1.807) is 0 Å². The summed E-state index contributed by atoms with van der Waals surface area (Å²) in [4.78, 5) is 20.5. The molecule has 0 radical (unpaired) electrons. The molecule has 0 spiro atoms. The van der Waals surface area contributed by atoms with E-state index in [0.29, 0.717) is 0 Å². The van der Waals surface area contributed by atoms with Crippen molar-refractivity contribution in [3.8, 4) is 0 Å². The van der Waals surface area contributed by atoms with E-state index in [2.05, 4.69) is 0 Å². The van der Waals surface area contributed by atoms with Crippen molar-refractivity contribution in [1.82, 2.24) is 0 Å². The molecule has 5 N–H and O–H groups in total. The monoisotopic (exact) mass is 194 g/mol. The summed E-state index contributed by atoms with van der Waals surface area (Å²) >= 11 is 0. The maximum atomic E-state index is 10.5. The fraction of sp³-hybridized carbons (Fsp3) is 0.667. The van der Waals surface area contributed by atoms with E-state index in [4.69, 9.17) is 25.5 Å². The van der Waals surface area contributed by atoms with Gasteiger partial charge in [0.25, 0.3) is 5.78 Å². The van der Waals surface area contributed by atoms with Crippen LogP contribution in [-0.2, 0) is 9.59 Å². The molecule has 0 bridgehead atoms. The zero-order chi connectivity index (χ0) is 10.6. The fourth-order valence-electron chi connectivity index (χ4n) is 0.600. The van der Waals surface area contributed by atoms with Crippen LogP contribution in [0.1, 0.15) is 0 Å². The lowest BCUT2D eigenvalue weighted by Gasteiger charge is -2.18. The molecule has 0 saturated carbocycles. The number of carbonyl (C=O) groups excluding carboxylic acids is 1. The highest BCUT2D eigenvalue weighted by Crippen LogP contribution is 2.01. The number of hydrogen-bond acceptors (Lipinski definition) is 6. The van der Waals surface area contributed by atoms with Crippen LogP contribution in [0.5, 0.6) is 0 Å². The molecule has 0 heterocycles. The van der Waals surface area contributed by atoms with Gasteiger partial charge in [0.05, 0.1) is 6.61 Å². The Morgan fingerprint density at radius 1 is 1.15 bits per heavy atom. The average molecular weight is 194 g/mol. The second-order valence-corrected chi connectivity index (χ2v) is 2.35. The van der Waals surface area contributed by atoms with Gasteiger partial charge < -0.3 is 25.5 Å². The molecule has 13 heavy (non-hydrogen) atoms. The van der Waals surface area contributed by atoms with Gasteiger partial charge in [-0.05, 0) is 0 Å². The molecule has 0 aliphatic heterocycles. The van der Waals surface area contributed by atoms with E-state index in [1.165, 1.54) is 0 Å². The zero-order valence-corrected chi connectivity index (χ0v) is 6.49. The summed E-state index contributed by atoms with van der Waals surface area (Å²) in [7, 11) is 0. The lowest BCUT2D eigenvalue weighted by molar-refractivity contribution is -0.159. The first-order valence-corrected chi connectivity index (χ1v) is 3.34. The van der Waals surface area contributed by atoms with Crippen molar-refractivity contribution in [2.24, 2.45) is 0 Å². The number of aliphatic carboxylic acids is 1. The summed E-state index contributed by atoms with van der Waals surface area (Å²) < 4.78 is 0. The van der Waals surface area contributed by atoms with Gasteiger partial charge in [-0.25, -0.2) is 4.79 Å². The van der Waals surface area contributed by atoms with Crippen LogP contribution in [0.2, 0.25) is 0 Å². The molecule has 0 aliphatic rings. The van der Waals surface area contributed by atoms with Gasteiger partial charge in [-0.3, -0.25) is 4.79 Å². The van der Waals surface area contributed by atoms with Crippen LogP contribution in [0.3, 0.4) is 0 Å². The Morgan fingerprint density at radius 3 is 1.92 bits per heavy atom. The highest BCUT2D eigenvalue weighted by molar-refractivity contribution is 6.34. The molecule has 76 valence electrons. The summed E-state index contributed by atoms with van der Waals surface area (Å²) in [6, 6.07) is 0. The Hall–Kier alpha value is -1.02. The van der Waals surface area contributed by atoms with Gasteiger partial charge in [0.2, 0.25) is 0 Å². The van der Waals surface area contributed by atoms with Crippen LogP contribution in [-0.4, -0.2) is 62.2 Å². The molecule has 0 amide bonds. The van der Waals surface area contributed by atoms with Crippen LogP contribution < -0.4 is 0 Å². The standard InChI is InChI=1S/C6H10O7/c7-1-2(8)3(9)4(10)5(11)6(12)13/h2-4,7-10H,1H2,(H,12,13). The first kappa shape index (κ1) is 12.0. The van der Waals surface area contributed by atoms with Gasteiger partial charge in [0.15, 0.2) is 6.10 Å². The van der Waals surface area contributed by atoms with Crippen molar-refractivity contribution < 1.29 is 35.1 Å². The van der Waals surface area contributed by atoms with Crippen LogP contribution in [0.15, 0.2) is 0 Å². The molecular weight excluding hydrogens is 184 g/mol.